The Balaban J connectivity index is 1.72. The Bertz CT molecular complexity index is 765. The third-order valence-corrected chi connectivity index (χ3v) is 4.47. The summed E-state index contributed by atoms with van der Waals surface area (Å²) in [6, 6.07) is 14.7. The summed E-state index contributed by atoms with van der Waals surface area (Å²) < 4.78 is 0. The molecule has 2 aromatic carbocycles. The van der Waals surface area contributed by atoms with Crippen LogP contribution in [0.2, 0.25) is 0 Å². The molecule has 1 atom stereocenters. The van der Waals surface area contributed by atoms with Gasteiger partial charge >= 0.3 is 5.97 Å². The van der Waals surface area contributed by atoms with Gasteiger partial charge in [-0.25, -0.2) is 4.79 Å². The quantitative estimate of drug-likeness (QED) is 0.855. The van der Waals surface area contributed by atoms with Crippen LogP contribution in [0.25, 0.3) is 0 Å². The molecule has 0 radical (unpaired) electrons. The molecular weight excluding hydrogens is 302 g/mol. The highest BCUT2D eigenvalue weighted by atomic mass is 16.4. The number of rotatable bonds is 6. The van der Waals surface area contributed by atoms with Crippen LogP contribution in [0.1, 0.15) is 45.9 Å². The Kier molecular flexibility index (Phi) is 4.65. The molecule has 4 heteroatoms. The standard InChI is InChI=1S/C20H21NO3/c1-13-5-2-3-8-17(13)19(15-9-10-15)21-18(22)12-14-6-4-7-16(11-14)20(23)24/h2-8,11,15,19H,9-10,12H2,1H3,(H,21,22)(H,23,24). The van der Waals surface area contributed by atoms with E-state index in [0.29, 0.717) is 11.5 Å². The zero-order valence-corrected chi connectivity index (χ0v) is 13.7. The van der Waals surface area contributed by atoms with Crippen molar-refractivity contribution in [1.82, 2.24) is 5.32 Å². The average Bonchev–Trinajstić information content (AvgIpc) is 3.38. The van der Waals surface area contributed by atoms with Gasteiger partial charge in [0.1, 0.15) is 0 Å². The Morgan fingerprint density at radius 3 is 2.58 bits per heavy atom. The van der Waals surface area contributed by atoms with Gasteiger partial charge in [0.15, 0.2) is 0 Å². The Labute approximate surface area is 141 Å². The monoisotopic (exact) mass is 323 g/mol. The topological polar surface area (TPSA) is 66.4 Å². The third kappa shape index (κ3) is 3.82. The summed E-state index contributed by atoms with van der Waals surface area (Å²) in [6.07, 6.45) is 2.46. The lowest BCUT2D eigenvalue weighted by atomic mass is 9.97. The molecule has 124 valence electrons. The summed E-state index contributed by atoms with van der Waals surface area (Å²) in [5.41, 5.74) is 3.28. The lowest BCUT2D eigenvalue weighted by Crippen LogP contribution is -2.31. The second-order valence-electron chi connectivity index (χ2n) is 6.42. The number of hydrogen-bond donors (Lipinski definition) is 2. The van der Waals surface area contributed by atoms with E-state index in [1.54, 1.807) is 18.2 Å². The van der Waals surface area contributed by atoms with Crippen LogP contribution in [-0.4, -0.2) is 17.0 Å². The van der Waals surface area contributed by atoms with Gasteiger partial charge in [-0.05, 0) is 54.5 Å². The number of carboxylic acids is 1. The SMILES string of the molecule is Cc1ccccc1C(NC(=O)Cc1cccc(C(=O)O)c1)C1CC1. The minimum atomic E-state index is -0.979. The van der Waals surface area contributed by atoms with Gasteiger partial charge in [0, 0.05) is 0 Å². The van der Waals surface area contributed by atoms with Crippen LogP contribution in [0.5, 0.6) is 0 Å². The molecule has 3 rings (SSSR count). The van der Waals surface area contributed by atoms with Crippen LogP contribution in [0.4, 0.5) is 0 Å². The molecule has 0 aromatic heterocycles. The van der Waals surface area contributed by atoms with E-state index in [9.17, 15) is 9.59 Å². The highest BCUT2D eigenvalue weighted by Crippen LogP contribution is 2.41. The van der Waals surface area contributed by atoms with Gasteiger partial charge in [-0.1, -0.05) is 36.4 Å². The van der Waals surface area contributed by atoms with Crippen LogP contribution < -0.4 is 5.32 Å². The lowest BCUT2D eigenvalue weighted by molar-refractivity contribution is -0.121. The highest BCUT2D eigenvalue weighted by molar-refractivity contribution is 5.88. The predicted octanol–water partition coefficient (Wildman–Crippen LogP) is 3.50. The van der Waals surface area contributed by atoms with Gasteiger partial charge in [0.2, 0.25) is 5.91 Å². The fourth-order valence-electron chi connectivity index (χ4n) is 3.04. The van der Waals surface area contributed by atoms with Crippen molar-refractivity contribution >= 4 is 11.9 Å². The molecule has 2 N–H and O–H groups in total. The summed E-state index contributed by atoms with van der Waals surface area (Å²) in [7, 11) is 0. The molecule has 1 fully saturated rings. The number of hydrogen-bond acceptors (Lipinski definition) is 2. The second kappa shape index (κ2) is 6.87. The molecule has 0 spiro atoms. The fourth-order valence-corrected chi connectivity index (χ4v) is 3.04. The van der Waals surface area contributed by atoms with Gasteiger partial charge in [0.05, 0.1) is 18.0 Å². The number of amides is 1. The molecular formula is C20H21NO3. The van der Waals surface area contributed by atoms with E-state index in [0.717, 1.165) is 12.8 Å². The normalized spacial score (nSPS) is 14.9. The van der Waals surface area contributed by atoms with Crippen molar-refractivity contribution in [2.45, 2.75) is 32.2 Å². The maximum absolute atomic E-state index is 12.5. The Morgan fingerprint density at radius 2 is 1.92 bits per heavy atom. The van der Waals surface area contributed by atoms with Crippen molar-refractivity contribution in [3.8, 4) is 0 Å². The Hall–Kier alpha value is -2.62. The van der Waals surface area contributed by atoms with Crippen LogP contribution in [0, 0.1) is 12.8 Å². The molecule has 1 amide bonds. The second-order valence-corrected chi connectivity index (χ2v) is 6.42. The van der Waals surface area contributed by atoms with Gasteiger partial charge in [-0.2, -0.15) is 0 Å². The molecule has 0 aliphatic heterocycles. The first-order valence-corrected chi connectivity index (χ1v) is 8.21. The zero-order chi connectivity index (χ0) is 17.1. The fraction of sp³-hybridized carbons (Fsp3) is 0.300. The van der Waals surface area contributed by atoms with E-state index >= 15 is 0 Å². The number of nitrogens with one attached hydrogen (secondary N) is 1. The van der Waals surface area contributed by atoms with Crippen molar-refractivity contribution in [2.24, 2.45) is 5.92 Å². The van der Waals surface area contributed by atoms with Gasteiger partial charge in [0.25, 0.3) is 0 Å². The molecule has 0 bridgehead atoms. The molecule has 4 nitrogen and oxygen atoms in total. The molecule has 1 aliphatic rings. The van der Waals surface area contributed by atoms with Crippen molar-refractivity contribution in [3.63, 3.8) is 0 Å². The summed E-state index contributed by atoms with van der Waals surface area (Å²) in [5.74, 6) is -0.550. The van der Waals surface area contributed by atoms with Gasteiger partial charge < -0.3 is 10.4 Å². The lowest BCUT2D eigenvalue weighted by Gasteiger charge is -2.21. The molecule has 1 aliphatic carbocycles. The number of carbonyl (C=O) groups is 2. The van der Waals surface area contributed by atoms with Crippen LogP contribution >= 0.6 is 0 Å². The van der Waals surface area contributed by atoms with E-state index < -0.39 is 5.97 Å². The zero-order valence-electron chi connectivity index (χ0n) is 13.7. The van der Waals surface area contributed by atoms with Gasteiger partial charge in [-0.15, -0.1) is 0 Å². The van der Waals surface area contributed by atoms with Crippen molar-refractivity contribution < 1.29 is 14.7 Å². The maximum atomic E-state index is 12.5. The predicted molar refractivity (Wildman–Crippen MR) is 91.9 cm³/mol. The number of aryl methyl sites for hydroxylation is 1. The highest BCUT2D eigenvalue weighted by Gasteiger charge is 2.34. The number of benzene rings is 2. The number of aromatic carboxylic acids is 1. The first-order valence-electron chi connectivity index (χ1n) is 8.21. The van der Waals surface area contributed by atoms with Crippen molar-refractivity contribution in [1.29, 1.82) is 0 Å². The molecule has 1 unspecified atom stereocenters. The number of carboxylic acid groups (broad SMARTS) is 1. The summed E-state index contributed by atoms with van der Waals surface area (Å²) >= 11 is 0. The van der Waals surface area contributed by atoms with E-state index in [1.807, 2.05) is 12.1 Å². The third-order valence-electron chi connectivity index (χ3n) is 4.47. The number of carbonyl (C=O) groups excluding carboxylic acids is 1. The summed E-state index contributed by atoms with van der Waals surface area (Å²) in [6.45, 7) is 2.06. The van der Waals surface area contributed by atoms with E-state index in [1.165, 1.54) is 17.2 Å². The first-order chi connectivity index (χ1) is 11.5. The minimum Gasteiger partial charge on any atom is -0.478 e. The molecule has 0 heterocycles. The van der Waals surface area contributed by atoms with E-state index in [4.69, 9.17) is 5.11 Å². The molecule has 24 heavy (non-hydrogen) atoms. The molecule has 1 saturated carbocycles. The first kappa shape index (κ1) is 16.2. The smallest absolute Gasteiger partial charge is 0.335 e. The minimum absolute atomic E-state index is 0.0429. The van der Waals surface area contributed by atoms with E-state index in [2.05, 4.69) is 24.4 Å². The van der Waals surface area contributed by atoms with Gasteiger partial charge in [-0.3, -0.25) is 4.79 Å². The average molecular weight is 323 g/mol. The van der Waals surface area contributed by atoms with Crippen LogP contribution in [0.3, 0.4) is 0 Å². The van der Waals surface area contributed by atoms with Crippen molar-refractivity contribution in [3.05, 3.63) is 70.8 Å². The van der Waals surface area contributed by atoms with Crippen LogP contribution in [0.15, 0.2) is 48.5 Å². The van der Waals surface area contributed by atoms with E-state index in [-0.39, 0.29) is 23.9 Å². The maximum Gasteiger partial charge on any atom is 0.335 e. The van der Waals surface area contributed by atoms with Crippen LogP contribution in [-0.2, 0) is 11.2 Å². The summed E-state index contributed by atoms with van der Waals surface area (Å²) in [5, 5.41) is 12.2. The Morgan fingerprint density at radius 1 is 1.17 bits per heavy atom. The molecule has 0 saturated heterocycles. The largest absolute Gasteiger partial charge is 0.478 e. The molecule has 2 aromatic rings. The van der Waals surface area contributed by atoms with Crippen molar-refractivity contribution in [2.75, 3.05) is 0 Å². The summed E-state index contributed by atoms with van der Waals surface area (Å²) in [4.78, 5) is 23.5.